The minimum Gasteiger partial charge on any atom is -0.245 e. The largest absolute Gasteiger partial charge is 0.254 e. The van der Waals surface area contributed by atoms with E-state index in [9.17, 15) is 8.42 Å². The van der Waals surface area contributed by atoms with Crippen molar-refractivity contribution >= 4 is 44.3 Å². The SMILES string of the molecule is Cc1nc(CN(C)S(=O)(=O)c2sc(Cl)nc2C)cs1. The molecule has 19 heavy (non-hydrogen) atoms. The summed E-state index contributed by atoms with van der Waals surface area (Å²) in [6.07, 6.45) is 0. The van der Waals surface area contributed by atoms with Gasteiger partial charge in [0.25, 0.3) is 10.0 Å². The molecule has 0 atom stereocenters. The second-order valence-corrected chi connectivity index (χ2v) is 8.84. The Balaban J connectivity index is 2.27. The summed E-state index contributed by atoms with van der Waals surface area (Å²) in [5.41, 5.74) is 1.16. The second kappa shape index (κ2) is 5.45. The van der Waals surface area contributed by atoms with Crippen LogP contribution in [0, 0.1) is 13.8 Å². The summed E-state index contributed by atoms with van der Waals surface area (Å²) in [6.45, 7) is 3.76. The Kier molecular flexibility index (Phi) is 4.26. The number of sulfonamides is 1. The van der Waals surface area contributed by atoms with E-state index in [0.29, 0.717) is 5.69 Å². The Morgan fingerprint density at radius 1 is 1.37 bits per heavy atom. The van der Waals surface area contributed by atoms with E-state index in [-0.39, 0.29) is 15.2 Å². The summed E-state index contributed by atoms with van der Waals surface area (Å²) in [5, 5.41) is 2.77. The predicted octanol–water partition coefficient (Wildman–Crippen LogP) is 2.69. The van der Waals surface area contributed by atoms with Gasteiger partial charge in [-0.15, -0.1) is 11.3 Å². The highest BCUT2D eigenvalue weighted by Gasteiger charge is 2.26. The maximum atomic E-state index is 12.4. The van der Waals surface area contributed by atoms with Gasteiger partial charge < -0.3 is 0 Å². The second-order valence-electron chi connectivity index (χ2n) is 3.96. The van der Waals surface area contributed by atoms with E-state index >= 15 is 0 Å². The van der Waals surface area contributed by atoms with Crippen molar-refractivity contribution in [3.8, 4) is 0 Å². The van der Waals surface area contributed by atoms with E-state index in [1.165, 1.54) is 22.7 Å². The summed E-state index contributed by atoms with van der Waals surface area (Å²) >= 11 is 8.22. The topological polar surface area (TPSA) is 63.2 Å². The molecule has 0 aliphatic rings. The molecule has 5 nitrogen and oxygen atoms in total. The van der Waals surface area contributed by atoms with Gasteiger partial charge in [0, 0.05) is 12.4 Å². The molecule has 0 saturated heterocycles. The van der Waals surface area contributed by atoms with Gasteiger partial charge in [-0.05, 0) is 13.8 Å². The van der Waals surface area contributed by atoms with Gasteiger partial charge in [-0.25, -0.2) is 18.4 Å². The first-order valence-corrected chi connectivity index (χ1v) is 8.82. The highest BCUT2D eigenvalue weighted by molar-refractivity contribution is 7.91. The van der Waals surface area contributed by atoms with Gasteiger partial charge in [-0.1, -0.05) is 22.9 Å². The average molecular weight is 338 g/mol. The van der Waals surface area contributed by atoms with E-state index in [0.717, 1.165) is 22.0 Å². The first-order valence-electron chi connectivity index (χ1n) is 5.31. The Morgan fingerprint density at radius 3 is 2.53 bits per heavy atom. The Morgan fingerprint density at radius 2 is 2.05 bits per heavy atom. The van der Waals surface area contributed by atoms with Crippen molar-refractivity contribution in [3.05, 3.63) is 26.2 Å². The van der Waals surface area contributed by atoms with Crippen LogP contribution in [0.4, 0.5) is 0 Å². The van der Waals surface area contributed by atoms with Gasteiger partial charge in [0.05, 0.1) is 22.9 Å². The van der Waals surface area contributed by atoms with Crippen LogP contribution in [0.2, 0.25) is 4.47 Å². The fourth-order valence-electron chi connectivity index (χ4n) is 1.53. The molecule has 0 aliphatic heterocycles. The minimum absolute atomic E-state index is 0.187. The van der Waals surface area contributed by atoms with Crippen molar-refractivity contribution in [2.75, 3.05) is 7.05 Å². The molecular formula is C10H12ClN3O2S3. The summed E-state index contributed by atoms with van der Waals surface area (Å²) < 4.78 is 26.5. The molecule has 2 rings (SSSR count). The van der Waals surface area contributed by atoms with Crippen LogP contribution in [-0.4, -0.2) is 29.7 Å². The van der Waals surface area contributed by atoms with Gasteiger partial charge in [0.2, 0.25) is 0 Å². The number of thiazole rings is 2. The van der Waals surface area contributed by atoms with Crippen molar-refractivity contribution in [1.29, 1.82) is 0 Å². The van der Waals surface area contributed by atoms with Gasteiger partial charge in [-0.3, -0.25) is 0 Å². The smallest absolute Gasteiger partial charge is 0.245 e. The molecule has 0 unspecified atom stereocenters. The monoisotopic (exact) mass is 337 g/mol. The lowest BCUT2D eigenvalue weighted by Gasteiger charge is -2.14. The lowest BCUT2D eigenvalue weighted by molar-refractivity contribution is 0.464. The molecule has 0 fully saturated rings. The van der Waals surface area contributed by atoms with E-state index in [1.807, 2.05) is 12.3 Å². The zero-order valence-electron chi connectivity index (χ0n) is 10.5. The van der Waals surface area contributed by atoms with Crippen molar-refractivity contribution in [2.24, 2.45) is 0 Å². The molecule has 0 bridgehead atoms. The van der Waals surface area contributed by atoms with E-state index < -0.39 is 10.0 Å². The highest BCUT2D eigenvalue weighted by atomic mass is 35.5. The fraction of sp³-hybridized carbons (Fsp3) is 0.400. The minimum atomic E-state index is -3.57. The van der Waals surface area contributed by atoms with Crippen LogP contribution in [0.15, 0.2) is 9.59 Å². The quantitative estimate of drug-likeness (QED) is 0.860. The van der Waals surface area contributed by atoms with Crippen LogP contribution in [0.5, 0.6) is 0 Å². The molecule has 2 heterocycles. The Bertz CT molecular complexity index is 693. The molecule has 2 aromatic heterocycles. The third-order valence-electron chi connectivity index (χ3n) is 2.42. The van der Waals surface area contributed by atoms with Gasteiger partial charge in [-0.2, -0.15) is 4.31 Å². The molecular weight excluding hydrogens is 326 g/mol. The maximum absolute atomic E-state index is 12.4. The zero-order valence-corrected chi connectivity index (χ0v) is 13.8. The molecule has 0 spiro atoms. The Hall–Kier alpha value is -0.540. The average Bonchev–Trinajstić information content (AvgIpc) is 2.85. The Labute approximate surface area is 124 Å². The molecule has 0 amide bonds. The molecule has 0 radical (unpaired) electrons. The highest BCUT2D eigenvalue weighted by Crippen LogP contribution is 2.29. The normalized spacial score (nSPS) is 12.3. The molecule has 0 aromatic carbocycles. The van der Waals surface area contributed by atoms with Crippen molar-refractivity contribution in [2.45, 2.75) is 24.6 Å². The molecule has 0 saturated carbocycles. The van der Waals surface area contributed by atoms with E-state index in [1.54, 1.807) is 6.92 Å². The number of rotatable bonds is 4. The molecule has 104 valence electrons. The molecule has 0 N–H and O–H groups in total. The number of hydrogen-bond donors (Lipinski definition) is 0. The number of aryl methyl sites for hydroxylation is 2. The summed E-state index contributed by atoms with van der Waals surface area (Å²) in [4.78, 5) is 8.20. The molecule has 0 aliphatic carbocycles. The predicted molar refractivity (Wildman–Crippen MR) is 77.4 cm³/mol. The lowest BCUT2D eigenvalue weighted by Crippen LogP contribution is -2.26. The number of hydrogen-bond acceptors (Lipinski definition) is 6. The summed E-state index contributed by atoms with van der Waals surface area (Å²) in [5.74, 6) is 0. The third-order valence-corrected chi connectivity index (χ3v) is 6.90. The molecule has 2 aromatic rings. The lowest BCUT2D eigenvalue weighted by atomic mass is 10.5. The number of aromatic nitrogens is 2. The standard InChI is InChI=1S/C10H12ClN3O2S3/c1-6-9(18-10(11)12-6)19(15,16)14(3)4-8-5-17-7(2)13-8/h5H,4H2,1-3H3. The maximum Gasteiger partial charge on any atom is 0.254 e. The van der Waals surface area contributed by atoms with Crippen LogP contribution in [0.3, 0.4) is 0 Å². The van der Waals surface area contributed by atoms with E-state index in [2.05, 4.69) is 9.97 Å². The van der Waals surface area contributed by atoms with Gasteiger partial charge in [0.1, 0.15) is 0 Å². The van der Waals surface area contributed by atoms with Crippen molar-refractivity contribution in [1.82, 2.24) is 14.3 Å². The van der Waals surface area contributed by atoms with Gasteiger partial charge >= 0.3 is 0 Å². The van der Waals surface area contributed by atoms with Crippen LogP contribution in [0.1, 0.15) is 16.4 Å². The third kappa shape index (κ3) is 3.14. The zero-order chi connectivity index (χ0) is 14.2. The van der Waals surface area contributed by atoms with Crippen LogP contribution in [-0.2, 0) is 16.6 Å². The van der Waals surface area contributed by atoms with E-state index in [4.69, 9.17) is 11.6 Å². The van der Waals surface area contributed by atoms with Gasteiger partial charge in [0.15, 0.2) is 8.68 Å². The number of halogens is 1. The first kappa shape index (κ1) is 14.9. The first-order chi connectivity index (χ1) is 8.80. The summed E-state index contributed by atoms with van der Waals surface area (Å²) in [6, 6.07) is 0. The van der Waals surface area contributed by atoms with Crippen LogP contribution < -0.4 is 0 Å². The number of nitrogens with zero attached hydrogens (tertiary/aromatic N) is 3. The van der Waals surface area contributed by atoms with Crippen molar-refractivity contribution < 1.29 is 8.42 Å². The van der Waals surface area contributed by atoms with Crippen molar-refractivity contribution in [3.63, 3.8) is 0 Å². The fourth-order valence-corrected chi connectivity index (χ4v) is 5.20. The summed E-state index contributed by atoms with van der Waals surface area (Å²) in [7, 11) is -2.04. The van der Waals surface area contributed by atoms with Crippen LogP contribution in [0.25, 0.3) is 0 Å². The van der Waals surface area contributed by atoms with Crippen LogP contribution >= 0.6 is 34.3 Å². The molecule has 9 heteroatoms.